The number of halogens is 1. The molecule has 0 aliphatic carbocycles. The molecule has 0 bridgehead atoms. The summed E-state index contributed by atoms with van der Waals surface area (Å²) in [4.78, 5) is 33.6. The first-order valence-corrected chi connectivity index (χ1v) is 13.2. The van der Waals surface area contributed by atoms with Crippen molar-refractivity contribution >= 4 is 34.3 Å². The first kappa shape index (κ1) is 25.8. The molecule has 1 aliphatic heterocycles. The van der Waals surface area contributed by atoms with Crippen LogP contribution < -0.4 is 19.8 Å². The summed E-state index contributed by atoms with van der Waals surface area (Å²) in [6.07, 6.45) is 4.81. The molecular formula is C30H29ClN2O5. The summed E-state index contributed by atoms with van der Waals surface area (Å²) in [5, 5.41) is 0.722. The van der Waals surface area contributed by atoms with Crippen LogP contribution in [0.5, 0.6) is 11.5 Å². The fourth-order valence-electron chi connectivity index (χ4n) is 4.72. The normalized spacial score (nSPS) is 14.7. The fourth-order valence-corrected chi connectivity index (χ4v) is 4.89. The highest BCUT2D eigenvalue weighted by Crippen LogP contribution is 2.43. The van der Waals surface area contributed by atoms with Crippen molar-refractivity contribution in [1.82, 2.24) is 4.98 Å². The lowest BCUT2D eigenvalue weighted by atomic mass is 9.98. The number of ether oxygens (including phenoxy) is 2. The number of hydrogen-bond donors (Lipinski definition) is 0. The summed E-state index contributed by atoms with van der Waals surface area (Å²) < 4.78 is 17.9. The van der Waals surface area contributed by atoms with E-state index in [9.17, 15) is 9.59 Å². The molecule has 0 spiro atoms. The van der Waals surface area contributed by atoms with Crippen LogP contribution in [0, 0.1) is 6.92 Å². The van der Waals surface area contributed by atoms with Crippen molar-refractivity contribution in [2.75, 3.05) is 18.1 Å². The highest BCUT2D eigenvalue weighted by Gasteiger charge is 2.44. The van der Waals surface area contributed by atoms with Crippen LogP contribution in [0.3, 0.4) is 0 Å². The van der Waals surface area contributed by atoms with E-state index in [1.54, 1.807) is 30.5 Å². The number of anilines is 1. The van der Waals surface area contributed by atoms with E-state index in [1.165, 1.54) is 4.90 Å². The third-order valence-electron chi connectivity index (χ3n) is 6.56. The van der Waals surface area contributed by atoms with Gasteiger partial charge in [0, 0.05) is 11.2 Å². The quantitative estimate of drug-likeness (QED) is 0.219. The maximum Gasteiger partial charge on any atom is 0.296 e. The molecule has 7 nitrogen and oxygen atoms in total. The van der Waals surface area contributed by atoms with Crippen LogP contribution in [0.2, 0.25) is 5.02 Å². The summed E-state index contributed by atoms with van der Waals surface area (Å²) in [6, 6.07) is 13.2. The van der Waals surface area contributed by atoms with E-state index in [0.717, 1.165) is 24.8 Å². The smallest absolute Gasteiger partial charge is 0.296 e. The van der Waals surface area contributed by atoms with Gasteiger partial charge in [0.15, 0.2) is 16.9 Å². The summed E-state index contributed by atoms with van der Waals surface area (Å²) in [7, 11) is 0. The van der Waals surface area contributed by atoms with Crippen LogP contribution in [0.15, 0.2) is 63.9 Å². The number of pyridine rings is 1. The van der Waals surface area contributed by atoms with Gasteiger partial charge in [-0.25, -0.2) is 4.98 Å². The number of carbonyl (C=O) groups excluding carboxylic acids is 1. The predicted octanol–water partition coefficient (Wildman–Crippen LogP) is 6.87. The van der Waals surface area contributed by atoms with Crippen molar-refractivity contribution in [3.63, 3.8) is 0 Å². The van der Waals surface area contributed by atoms with Crippen molar-refractivity contribution in [3.05, 3.63) is 92.4 Å². The van der Waals surface area contributed by atoms with Crippen LogP contribution in [0.25, 0.3) is 11.0 Å². The number of hydrogen-bond acceptors (Lipinski definition) is 6. The Morgan fingerprint density at radius 1 is 1.00 bits per heavy atom. The van der Waals surface area contributed by atoms with Gasteiger partial charge in [-0.15, -0.1) is 0 Å². The highest BCUT2D eigenvalue weighted by atomic mass is 35.5. The molecule has 1 atom stereocenters. The highest BCUT2D eigenvalue weighted by molar-refractivity contribution is 6.31. The molecule has 4 aromatic rings. The van der Waals surface area contributed by atoms with Gasteiger partial charge in [-0.1, -0.05) is 43.5 Å². The van der Waals surface area contributed by atoms with Crippen LogP contribution in [-0.2, 0) is 0 Å². The Hall–Kier alpha value is -3.84. The van der Waals surface area contributed by atoms with E-state index in [2.05, 4.69) is 11.9 Å². The molecule has 8 heteroatoms. The van der Waals surface area contributed by atoms with Gasteiger partial charge >= 0.3 is 0 Å². The van der Waals surface area contributed by atoms with Gasteiger partial charge in [0.25, 0.3) is 5.91 Å². The SMILES string of the molecule is CCCCCOc1ccc(C2c3c(oc4ccc(Cl)cc4c3=O)C(=O)N2c2ccc(C)cn2)cc1OCC. The lowest BCUT2D eigenvalue weighted by molar-refractivity contribution is 0.0970. The van der Waals surface area contributed by atoms with Crippen LogP contribution in [0.1, 0.15) is 66.4 Å². The predicted molar refractivity (Wildman–Crippen MR) is 148 cm³/mol. The number of rotatable bonds is 9. The van der Waals surface area contributed by atoms with Crippen molar-refractivity contribution in [3.8, 4) is 11.5 Å². The molecular weight excluding hydrogens is 504 g/mol. The van der Waals surface area contributed by atoms with E-state index >= 15 is 0 Å². The number of unbranched alkanes of at least 4 members (excludes halogenated alkanes) is 2. The molecule has 2 aromatic heterocycles. The zero-order chi connectivity index (χ0) is 26.8. The van der Waals surface area contributed by atoms with Crippen LogP contribution >= 0.6 is 11.6 Å². The van der Waals surface area contributed by atoms with Gasteiger partial charge < -0.3 is 13.9 Å². The number of aromatic nitrogens is 1. The van der Waals surface area contributed by atoms with Gasteiger partial charge in [-0.2, -0.15) is 0 Å². The van der Waals surface area contributed by atoms with Crippen molar-refractivity contribution in [1.29, 1.82) is 0 Å². The maximum atomic E-state index is 13.8. The zero-order valence-corrected chi connectivity index (χ0v) is 22.4. The van der Waals surface area contributed by atoms with Gasteiger partial charge in [0.2, 0.25) is 5.76 Å². The van der Waals surface area contributed by atoms with Gasteiger partial charge in [-0.05, 0) is 67.8 Å². The number of amides is 1. The van der Waals surface area contributed by atoms with E-state index < -0.39 is 11.9 Å². The van der Waals surface area contributed by atoms with Gasteiger partial charge in [0.05, 0.1) is 30.2 Å². The van der Waals surface area contributed by atoms with E-state index in [-0.39, 0.29) is 16.8 Å². The van der Waals surface area contributed by atoms with E-state index in [0.29, 0.717) is 52.1 Å². The molecule has 0 N–H and O–H groups in total. The molecule has 0 saturated carbocycles. The lowest BCUT2D eigenvalue weighted by Gasteiger charge is -2.25. The third-order valence-corrected chi connectivity index (χ3v) is 6.80. The van der Waals surface area contributed by atoms with Crippen LogP contribution in [-0.4, -0.2) is 24.1 Å². The Morgan fingerprint density at radius 2 is 1.84 bits per heavy atom. The number of aryl methyl sites for hydroxylation is 1. The number of nitrogens with zero attached hydrogens (tertiary/aromatic N) is 2. The number of benzene rings is 2. The standard InChI is InChI=1S/C30H29ClN2O5/c1-4-6-7-14-37-23-11-9-19(15-24(23)36-5-2)27-26-28(34)21-16-20(31)10-12-22(21)38-29(26)30(35)33(27)25-13-8-18(3)17-32-25/h8-13,15-17,27H,4-7,14H2,1-3H3. The summed E-state index contributed by atoms with van der Waals surface area (Å²) in [5.41, 5.74) is 1.86. The molecule has 0 saturated heterocycles. The minimum Gasteiger partial charge on any atom is -0.490 e. The molecule has 2 aromatic carbocycles. The van der Waals surface area contributed by atoms with Crippen LogP contribution in [0.4, 0.5) is 5.82 Å². The molecule has 196 valence electrons. The summed E-state index contributed by atoms with van der Waals surface area (Å²) >= 11 is 6.20. The molecule has 0 radical (unpaired) electrons. The Balaban J connectivity index is 1.68. The topological polar surface area (TPSA) is 81.9 Å². The molecule has 38 heavy (non-hydrogen) atoms. The largest absolute Gasteiger partial charge is 0.490 e. The second kappa shape index (κ2) is 10.9. The molecule has 0 fully saturated rings. The van der Waals surface area contributed by atoms with Gasteiger partial charge in [-0.3, -0.25) is 14.5 Å². The minimum atomic E-state index is -0.777. The monoisotopic (exact) mass is 532 g/mol. The molecule has 5 rings (SSSR count). The molecule has 1 amide bonds. The fraction of sp³-hybridized carbons (Fsp3) is 0.300. The Labute approximate surface area is 226 Å². The second-order valence-electron chi connectivity index (χ2n) is 9.28. The Bertz CT molecular complexity index is 1550. The average molecular weight is 533 g/mol. The number of carbonyl (C=O) groups is 1. The van der Waals surface area contributed by atoms with Crippen molar-refractivity contribution in [2.24, 2.45) is 0 Å². The average Bonchev–Trinajstić information content (AvgIpc) is 3.20. The van der Waals surface area contributed by atoms with E-state index in [4.69, 9.17) is 25.5 Å². The Kier molecular flexibility index (Phi) is 7.38. The molecule has 1 aliphatic rings. The molecule has 3 heterocycles. The third kappa shape index (κ3) is 4.74. The van der Waals surface area contributed by atoms with Crippen molar-refractivity contribution in [2.45, 2.75) is 46.1 Å². The number of fused-ring (bicyclic) bond motifs is 2. The second-order valence-corrected chi connectivity index (χ2v) is 9.72. The van der Waals surface area contributed by atoms with Gasteiger partial charge in [0.1, 0.15) is 11.4 Å². The summed E-state index contributed by atoms with van der Waals surface area (Å²) in [5.74, 6) is 1.14. The minimum absolute atomic E-state index is 0.00458. The van der Waals surface area contributed by atoms with E-state index in [1.807, 2.05) is 38.1 Å². The zero-order valence-electron chi connectivity index (χ0n) is 21.6. The lowest BCUT2D eigenvalue weighted by Crippen LogP contribution is -2.30. The maximum absolute atomic E-state index is 13.8. The first-order valence-electron chi connectivity index (χ1n) is 12.8. The van der Waals surface area contributed by atoms with Crippen molar-refractivity contribution < 1.29 is 18.7 Å². The summed E-state index contributed by atoms with van der Waals surface area (Å²) in [6.45, 7) is 6.97. The first-order chi connectivity index (χ1) is 18.4. The Morgan fingerprint density at radius 3 is 2.58 bits per heavy atom. The molecule has 1 unspecified atom stereocenters.